The highest BCUT2D eigenvalue weighted by Gasteiger charge is 2.58. The minimum absolute atomic E-state index is 0.0200. The maximum atomic E-state index is 12.8. The molecule has 3 aliphatic rings. The van der Waals surface area contributed by atoms with Crippen LogP contribution in [0.1, 0.15) is 130 Å². The van der Waals surface area contributed by atoms with Crippen molar-refractivity contribution >= 4 is 5.78 Å². The molecular formula is C35H54O2. The summed E-state index contributed by atoms with van der Waals surface area (Å²) in [5.41, 5.74) is 5.04. The van der Waals surface area contributed by atoms with Crippen molar-refractivity contribution in [3.8, 4) is 0 Å². The number of unbranched alkanes of at least 4 members (excludes halogenated alkanes) is 5. The van der Waals surface area contributed by atoms with Crippen LogP contribution in [-0.2, 0) is 11.2 Å². The number of carbonyl (C=O) groups excluding carboxylic acids is 1. The molecule has 4 rings (SSSR count). The third kappa shape index (κ3) is 6.60. The summed E-state index contributed by atoms with van der Waals surface area (Å²) < 4.78 is 0. The monoisotopic (exact) mass is 506 g/mol. The van der Waals surface area contributed by atoms with Gasteiger partial charge in [-0.1, -0.05) is 87.9 Å². The van der Waals surface area contributed by atoms with Gasteiger partial charge in [0.25, 0.3) is 0 Å². The van der Waals surface area contributed by atoms with Gasteiger partial charge >= 0.3 is 0 Å². The zero-order valence-corrected chi connectivity index (χ0v) is 24.4. The summed E-state index contributed by atoms with van der Waals surface area (Å²) in [6.07, 6.45) is 18.1. The molecule has 1 aromatic rings. The smallest absolute Gasteiger partial charge is 0.133 e. The molecule has 0 radical (unpaired) electrons. The second-order valence-electron chi connectivity index (χ2n) is 13.7. The van der Waals surface area contributed by atoms with Crippen molar-refractivity contribution in [1.82, 2.24) is 0 Å². The van der Waals surface area contributed by atoms with Gasteiger partial charge in [-0.25, -0.2) is 0 Å². The quantitative estimate of drug-likeness (QED) is 0.226. The Balaban J connectivity index is 1.18. The molecular weight excluding hydrogens is 452 g/mol. The van der Waals surface area contributed by atoms with E-state index in [4.69, 9.17) is 0 Å². The molecule has 0 heterocycles. The molecule has 3 aliphatic carbocycles. The third-order valence-electron chi connectivity index (χ3n) is 11.1. The van der Waals surface area contributed by atoms with Crippen molar-refractivity contribution in [2.45, 2.75) is 137 Å². The third-order valence-corrected chi connectivity index (χ3v) is 11.1. The Labute approximate surface area is 227 Å². The van der Waals surface area contributed by atoms with Gasteiger partial charge in [0.15, 0.2) is 0 Å². The molecule has 5 atom stereocenters. The Bertz CT molecular complexity index is 912. The Morgan fingerprint density at radius 2 is 1.57 bits per heavy atom. The number of fused-ring (bicyclic) bond motifs is 3. The second-order valence-corrected chi connectivity index (χ2v) is 13.7. The van der Waals surface area contributed by atoms with E-state index in [1.807, 2.05) is 0 Å². The van der Waals surface area contributed by atoms with Gasteiger partial charge in [0.2, 0.25) is 0 Å². The van der Waals surface area contributed by atoms with Gasteiger partial charge in [-0.05, 0) is 105 Å². The summed E-state index contributed by atoms with van der Waals surface area (Å²) in [6.45, 7) is 9.52. The molecule has 1 aromatic carbocycles. The van der Waals surface area contributed by atoms with Gasteiger partial charge in [-0.2, -0.15) is 0 Å². The van der Waals surface area contributed by atoms with Crippen molar-refractivity contribution in [3.63, 3.8) is 0 Å². The van der Waals surface area contributed by atoms with Crippen LogP contribution < -0.4 is 0 Å². The number of allylic oxidation sites excluding steroid dienone is 2. The highest BCUT2D eigenvalue weighted by Crippen LogP contribution is 2.64. The summed E-state index contributed by atoms with van der Waals surface area (Å²) in [7, 11) is 0. The van der Waals surface area contributed by atoms with E-state index in [0.29, 0.717) is 23.0 Å². The average molecular weight is 507 g/mol. The number of Topliss-reactive ketones (excluding diaryl/α,β-unsaturated/α-hetero) is 1. The van der Waals surface area contributed by atoms with E-state index in [-0.39, 0.29) is 11.5 Å². The molecule has 2 heteroatoms. The molecule has 0 spiro atoms. The molecule has 0 aromatic heterocycles. The van der Waals surface area contributed by atoms with Crippen molar-refractivity contribution in [2.24, 2.45) is 28.6 Å². The molecule has 0 saturated heterocycles. The maximum Gasteiger partial charge on any atom is 0.133 e. The fraction of sp³-hybridized carbons (Fsp3) is 0.743. The maximum absolute atomic E-state index is 12.8. The van der Waals surface area contributed by atoms with Crippen LogP contribution >= 0.6 is 0 Å². The summed E-state index contributed by atoms with van der Waals surface area (Å²) in [4.78, 5) is 12.8. The standard InChI is InChI=1S/C35H54O2/c1-26-18-22-31-30(21-23-32-34(2,3)33(37)24-25-35(31,32)4)29(26)20-19-28(36)17-13-8-6-5-7-10-14-27-15-11-9-12-16-27/h9,11-12,15-16,30-33,37H,5-8,10,13-14,17-25H2,1-4H3/t30-,31-,32-,33-,35+/m0/s1. The number of aliphatic hydroxyl groups excluding tert-OH is 1. The summed E-state index contributed by atoms with van der Waals surface area (Å²) in [6, 6.07) is 10.8. The molecule has 0 bridgehead atoms. The van der Waals surface area contributed by atoms with Crippen LogP contribution in [0.2, 0.25) is 0 Å². The number of aliphatic hydroxyl groups is 1. The van der Waals surface area contributed by atoms with E-state index in [9.17, 15) is 9.90 Å². The first kappa shape index (κ1) is 28.6. The normalized spacial score (nSPS) is 31.1. The molecule has 2 saturated carbocycles. The first-order valence-electron chi connectivity index (χ1n) is 15.7. The number of aryl methyl sites for hydroxylation is 1. The Morgan fingerprint density at radius 3 is 2.32 bits per heavy atom. The van der Waals surface area contributed by atoms with Crippen LogP contribution in [0.25, 0.3) is 0 Å². The van der Waals surface area contributed by atoms with Crippen LogP contribution in [0.15, 0.2) is 41.5 Å². The summed E-state index contributed by atoms with van der Waals surface area (Å²) >= 11 is 0. The number of rotatable bonds is 12. The molecule has 206 valence electrons. The van der Waals surface area contributed by atoms with Crippen molar-refractivity contribution in [3.05, 3.63) is 47.0 Å². The second kappa shape index (κ2) is 12.6. The number of hydrogen-bond donors (Lipinski definition) is 1. The number of benzene rings is 1. The highest BCUT2D eigenvalue weighted by atomic mass is 16.3. The number of hydrogen-bond acceptors (Lipinski definition) is 2. The first-order valence-corrected chi connectivity index (χ1v) is 15.7. The van der Waals surface area contributed by atoms with E-state index in [1.165, 1.54) is 76.2 Å². The van der Waals surface area contributed by atoms with E-state index < -0.39 is 0 Å². The Kier molecular flexibility index (Phi) is 9.76. The fourth-order valence-corrected chi connectivity index (χ4v) is 8.83. The van der Waals surface area contributed by atoms with Crippen LogP contribution in [0.4, 0.5) is 0 Å². The molecule has 0 unspecified atom stereocenters. The lowest BCUT2D eigenvalue weighted by molar-refractivity contribution is -0.149. The van der Waals surface area contributed by atoms with Crippen LogP contribution in [0.5, 0.6) is 0 Å². The van der Waals surface area contributed by atoms with E-state index in [1.54, 1.807) is 11.1 Å². The molecule has 37 heavy (non-hydrogen) atoms. The van der Waals surface area contributed by atoms with Crippen LogP contribution in [0, 0.1) is 28.6 Å². The number of ketones is 1. The minimum Gasteiger partial charge on any atom is -0.393 e. The lowest BCUT2D eigenvalue weighted by Gasteiger charge is -2.62. The summed E-state index contributed by atoms with van der Waals surface area (Å²) in [5.74, 6) is 2.50. The van der Waals surface area contributed by atoms with Gasteiger partial charge < -0.3 is 5.11 Å². The Hall–Kier alpha value is -1.41. The molecule has 0 aliphatic heterocycles. The van der Waals surface area contributed by atoms with Gasteiger partial charge in [-0.15, -0.1) is 0 Å². The molecule has 2 nitrogen and oxygen atoms in total. The summed E-state index contributed by atoms with van der Waals surface area (Å²) in [5, 5.41) is 10.8. The lowest BCUT2D eigenvalue weighted by atomic mass is 9.43. The fourth-order valence-electron chi connectivity index (χ4n) is 8.83. The number of carbonyl (C=O) groups is 1. The van der Waals surface area contributed by atoms with Gasteiger partial charge in [0.05, 0.1) is 6.10 Å². The van der Waals surface area contributed by atoms with Crippen LogP contribution in [-0.4, -0.2) is 17.0 Å². The zero-order valence-electron chi connectivity index (χ0n) is 24.4. The van der Waals surface area contributed by atoms with Gasteiger partial charge in [0, 0.05) is 12.8 Å². The SMILES string of the molecule is CC1=C(CCC(=O)CCCCCCCCc2ccccc2)[C@@H]2CC[C@H]3C(C)(C)[C@@H](O)CC[C@]3(C)[C@H]2CC1. The highest BCUT2D eigenvalue weighted by molar-refractivity contribution is 5.78. The topological polar surface area (TPSA) is 37.3 Å². The minimum atomic E-state index is -0.158. The van der Waals surface area contributed by atoms with E-state index in [2.05, 4.69) is 58.0 Å². The average Bonchev–Trinajstić information content (AvgIpc) is 2.88. The van der Waals surface area contributed by atoms with Crippen molar-refractivity contribution in [1.29, 1.82) is 0 Å². The van der Waals surface area contributed by atoms with Crippen molar-refractivity contribution in [2.75, 3.05) is 0 Å². The lowest BCUT2D eigenvalue weighted by Crippen LogP contribution is -2.56. The molecule has 2 fully saturated rings. The molecule has 1 N–H and O–H groups in total. The van der Waals surface area contributed by atoms with Gasteiger partial charge in [0.1, 0.15) is 5.78 Å². The largest absolute Gasteiger partial charge is 0.393 e. The van der Waals surface area contributed by atoms with E-state index in [0.717, 1.165) is 38.0 Å². The predicted octanol–water partition coefficient (Wildman–Crippen LogP) is 9.25. The first-order chi connectivity index (χ1) is 17.7. The molecule has 0 amide bonds. The van der Waals surface area contributed by atoms with Crippen molar-refractivity contribution < 1.29 is 9.90 Å². The van der Waals surface area contributed by atoms with E-state index >= 15 is 0 Å². The zero-order chi connectivity index (χ0) is 26.5. The predicted molar refractivity (Wildman–Crippen MR) is 155 cm³/mol. The van der Waals surface area contributed by atoms with Crippen LogP contribution in [0.3, 0.4) is 0 Å². The van der Waals surface area contributed by atoms with Gasteiger partial charge in [-0.3, -0.25) is 4.79 Å². The Morgan fingerprint density at radius 1 is 0.865 bits per heavy atom.